The number of aromatic nitrogens is 1. The van der Waals surface area contributed by atoms with Crippen molar-refractivity contribution in [3.63, 3.8) is 0 Å². The van der Waals surface area contributed by atoms with Crippen molar-refractivity contribution in [2.75, 3.05) is 6.54 Å². The highest BCUT2D eigenvalue weighted by molar-refractivity contribution is 6.07. The van der Waals surface area contributed by atoms with Crippen molar-refractivity contribution in [3.05, 3.63) is 35.5 Å². The van der Waals surface area contributed by atoms with Crippen LogP contribution in [0.25, 0.3) is 10.9 Å². The van der Waals surface area contributed by atoms with Crippen LogP contribution in [0, 0.1) is 11.3 Å². The van der Waals surface area contributed by atoms with Gasteiger partial charge in [-0.15, -0.1) is 0 Å². The molecule has 0 spiro atoms. The standard InChI is InChI=1S/C18H16FN3O4/c1-10(23)14-8-21(15-4-11(6-20)2-3-13(14)15)9-17(24)22-7-12(19)5-16(22)18(25)26/h2-4,8,12,16H,5,7,9H2,1H3,(H,25,26)/t12-,16+/m1/s1. The fourth-order valence-corrected chi connectivity index (χ4v) is 3.30. The number of likely N-dealkylation sites (tertiary alicyclic amines) is 1. The largest absolute Gasteiger partial charge is 0.480 e. The zero-order valence-corrected chi connectivity index (χ0v) is 14.0. The van der Waals surface area contributed by atoms with E-state index >= 15 is 0 Å². The quantitative estimate of drug-likeness (QED) is 0.840. The first-order chi connectivity index (χ1) is 12.3. The number of aliphatic carboxylic acids is 1. The minimum absolute atomic E-state index is 0.195. The van der Waals surface area contributed by atoms with Crippen LogP contribution in [-0.4, -0.2) is 51.0 Å². The number of ketones is 1. The molecule has 1 fully saturated rings. The molecule has 1 aromatic heterocycles. The molecule has 0 bridgehead atoms. The van der Waals surface area contributed by atoms with Crippen LogP contribution in [0.2, 0.25) is 0 Å². The number of Topliss-reactive ketones (excluding diaryl/α,β-unsaturated/α-hetero) is 1. The molecule has 8 heteroatoms. The molecule has 1 aromatic carbocycles. The lowest BCUT2D eigenvalue weighted by Crippen LogP contribution is -2.42. The topological polar surface area (TPSA) is 103 Å². The molecule has 1 amide bonds. The van der Waals surface area contributed by atoms with E-state index in [4.69, 9.17) is 5.26 Å². The minimum Gasteiger partial charge on any atom is -0.480 e. The molecule has 26 heavy (non-hydrogen) atoms. The van der Waals surface area contributed by atoms with Crippen molar-refractivity contribution in [2.45, 2.75) is 32.1 Å². The van der Waals surface area contributed by atoms with Gasteiger partial charge in [-0.25, -0.2) is 9.18 Å². The van der Waals surface area contributed by atoms with E-state index in [-0.39, 0.29) is 25.3 Å². The molecule has 0 unspecified atom stereocenters. The number of carbonyl (C=O) groups excluding carboxylic acids is 2. The van der Waals surface area contributed by atoms with E-state index in [2.05, 4.69) is 0 Å². The van der Waals surface area contributed by atoms with E-state index in [1.807, 2.05) is 6.07 Å². The monoisotopic (exact) mass is 357 g/mol. The van der Waals surface area contributed by atoms with Gasteiger partial charge in [0.2, 0.25) is 5.91 Å². The fraction of sp³-hybridized carbons (Fsp3) is 0.333. The molecule has 2 atom stereocenters. The number of fused-ring (bicyclic) bond motifs is 1. The molecule has 1 aliphatic rings. The van der Waals surface area contributed by atoms with Crippen LogP contribution in [0.15, 0.2) is 24.4 Å². The highest BCUT2D eigenvalue weighted by Gasteiger charge is 2.39. The van der Waals surface area contributed by atoms with Gasteiger partial charge in [0.1, 0.15) is 18.8 Å². The summed E-state index contributed by atoms with van der Waals surface area (Å²) in [5.41, 5.74) is 1.29. The maximum atomic E-state index is 13.6. The SMILES string of the molecule is CC(=O)c1cn(CC(=O)N2C[C@H](F)C[C@H]2C(=O)O)c2cc(C#N)ccc12. The maximum absolute atomic E-state index is 13.6. The van der Waals surface area contributed by atoms with Crippen LogP contribution in [0.1, 0.15) is 29.3 Å². The van der Waals surface area contributed by atoms with Gasteiger partial charge in [0.15, 0.2) is 5.78 Å². The lowest BCUT2D eigenvalue weighted by molar-refractivity contribution is -0.148. The van der Waals surface area contributed by atoms with Gasteiger partial charge < -0.3 is 14.6 Å². The number of carboxylic acid groups (broad SMARTS) is 1. The highest BCUT2D eigenvalue weighted by Crippen LogP contribution is 2.25. The van der Waals surface area contributed by atoms with Gasteiger partial charge in [0, 0.05) is 23.6 Å². The molecule has 0 aliphatic carbocycles. The summed E-state index contributed by atoms with van der Waals surface area (Å²) in [7, 11) is 0. The normalized spacial score (nSPS) is 19.5. The Morgan fingerprint density at radius 2 is 2.12 bits per heavy atom. The Labute approximate surface area is 148 Å². The number of alkyl halides is 1. The van der Waals surface area contributed by atoms with Crippen LogP contribution in [0.5, 0.6) is 0 Å². The van der Waals surface area contributed by atoms with Gasteiger partial charge in [-0.2, -0.15) is 5.26 Å². The van der Waals surface area contributed by atoms with Crippen molar-refractivity contribution in [3.8, 4) is 6.07 Å². The van der Waals surface area contributed by atoms with E-state index in [9.17, 15) is 23.9 Å². The zero-order chi connectivity index (χ0) is 19.0. The first-order valence-corrected chi connectivity index (χ1v) is 8.02. The van der Waals surface area contributed by atoms with Crippen molar-refractivity contribution in [1.29, 1.82) is 5.26 Å². The summed E-state index contributed by atoms with van der Waals surface area (Å²) < 4.78 is 15.1. The van der Waals surface area contributed by atoms with E-state index < -0.39 is 24.1 Å². The summed E-state index contributed by atoms with van der Waals surface area (Å²) in [6.07, 6.45) is -0.102. The number of nitrogens with zero attached hydrogens (tertiary/aromatic N) is 3. The number of amides is 1. The number of nitriles is 1. The second kappa shape index (κ2) is 6.59. The molecule has 2 heterocycles. The Bertz CT molecular complexity index is 959. The van der Waals surface area contributed by atoms with Crippen LogP contribution in [-0.2, 0) is 16.1 Å². The van der Waals surface area contributed by atoms with Gasteiger partial charge in [0.25, 0.3) is 0 Å². The summed E-state index contributed by atoms with van der Waals surface area (Å²) in [6, 6.07) is 5.58. The van der Waals surface area contributed by atoms with E-state index in [1.165, 1.54) is 17.7 Å². The molecule has 3 rings (SSSR count). The van der Waals surface area contributed by atoms with Crippen molar-refractivity contribution in [1.82, 2.24) is 9.47 Å². The van der Waals surface area contributed by atoms with E-state index in [0.717, 1.165) is 4.90 Å². The molecular weight excluding hydrogens is 341 g/mol. The van der Waals surface area contributed by atoms with Crippen molar-refractivity contribution in [2.24, 2.45) is 0 Å². The van der Waals surface area contributed by atoms with Crippen molar-refractivity contribution >= 4 is 28.6 Å². The Hall–Kier alpha value is -3.21. The average molecular weight is 357 g/mol. The van der Waals surface area contributed by atoms with E-state index in [0.29, 0.717) is 22.0 Å². The fourth-order valence-electron chi connectivity index (χ4n) is 3.30. The molecule has 2 aromatic rings. The summed E-state index contributed by atoms with van der Waals surface area (Å²) >= 11 is 0. The summed E-state index contributed by atoms with van der Waals surface area (Å²) in [5.74, 6) is -1.99. The Morgan fingerprint density at radius 3 is 2.73 bits per heavy atom. The summed E-state index contributed by atoms with van der Waals surface area (Å²) in [5, 5.41) is 18.9. The zero-order valence-electron chi connectivity index (χ0n) is 14.0. The van der Waals surface area contributed by atoms with Gasteiger partial charge >= 0.3 is 5.97 Å². The highest BCUT2D eigenvalue weighted by atomic mass is 19.1. The first-order valence-electron chi connectivity index (χ1n) is 8.02. The second-order valence-electron chi connectivity index (χ2n) is 6.30. The van der Waals surface area contributed by atoms with Crippen LogP contribution in [0.4, 0.5) is 4.39 Å². The molecular formula is C18H16FN3O4. The number of halogens is 1. The maximum Gasteiger partial charge on any atom is 0.326 e. The Balaban J connectivity index is 1.98. The number of benzene rings is 1. The number of carbonyl (C=O) groups is 3. The Kier molecular flexibility index (Phi) is 4.47. The summed E-state index contributed by atoms with van der Waals surface area (Å²) in [4.78, 5) is 36.7. The van der Waals surface area contributed by atoms with Crippen LogP contribution in [0.3, 0.4) is 0 Å². The van der Waals surface area contributed by atoms with Crippen LogP contribution < -0.4 is 0 Å². The number of carboxylic acids is 1. The molecule has 1 aliphatic heterocycles. The van der Waals surface area contributed by atoms with Gasteiger partial charge in [-0.05, 0) is 19.1 Å². The number of rotatable bonds is 4. The number of hydrogen-bond acceptors (Lipinski definition) is 4. The third kappa shape index (κ3) is 3.04. The lowest BCUT2D eigenvalue weighted by atomic mass is 10.1. The molecule has 134 valence electrons. The number of hydrogen-bond donors (Lipinski definition) is 1. The average Bonchev–Trinajstić information content (AvgIpc) is 3.15. The van der Waals surface area contributed by atoms with Gasteiger partial charge in [-0.3, -0.25) is 9.59 Å². The predicted octanol–water partition coefficient (Wildman–Crippen LogP) is 1.74. The smallest absolute Gasteiger partial charge is 0.326 e. The third-order valence-electron chi connectivity index (χ3n) is 4.55. The molecule has 0 radical (unpaired) electrons. The van der Waals surface area contributed by atoms with E-state index in [1.54, 1.807) is 18.2 Å². The van der Waals surface area contributed by atoms with Gasteiger partial charge in [0.05, 0.1) is 23.7 Å². The predicted molar refractivity (Wildman–Crippen MR) is 89.3 cm³/mol. The van der Waals surface area contributed by atoms with Crippen LogP contribution >= 0.6 is 0 Å². The minimum atomic E-state index is -1.38. The van der Waals surface area contributed by atoms with Gasteiger partial charge in [-0.1, -0.05) is 6.07 Å². The second-order valence-corrected chi connectivity index (χ2v) is 6.30. The first kappa shape index (κ1) is 17.6. The molecule has 7 nitrogen and oxygen atoms in total. The molecule has 1 N–H and O–H groups in total. The summed E-state index contributed by atoms with van der Waals surface area (Å²) in [6.45, 7) is 0.890. The molecule has 1 saturated heterocycles. The Morgan fingerprint density at radius 1 is 1.38 bits per heavy atom. The van der Waals surface area contributed by atoms with Crippen molar-refractivity contribution < 1.29 is 23.9 Å². The lowest BCUT2D eigenvalue weighted by Gasteiger charge is -2.21. The molecule has 0 saturated carbocycles. The third-order valence-corrected chi connectivity index (χ3v) is 4.55.